The summed E-state index contributed by atoms with van der Waals surface area (Å²) in [5.74, 6) is -0.524. The number of allylic oxidation sites excluding steroid dienone is 2. The van der Waals surface area contributed by atoms with Crippen molar-refractivity contribution in [2.75, 3.05) is 11.5 Å². The molecule has 0 unspecified atom stereocenters. The van der Waals surface area contributed by atoms with E-state index in [1.54, 1.807) is 23.5 Å². The standard InChI is InChI=1S/C47H52N4O6S2/c1-26-7-11-32(12-8-26)58-21-19-36-30(5)40(50-46(36)56)23-38-28(3)34(15-17-44(52)53)42(48-38)25-43-35(16-18-45(54)55)29(4)39(49-43)24-41-31(6)37(47(57)51-41)20-22-59-33-13-9-27(2)10-14-33/h7-14,23-24,48-49H,15-22,25H2,1-6H3,(H,50,56)(H,51,57)(H,52,53)(H,54,55)/b40-23-,41-24-. The first-order valence-corrected chi connectivity index (χ1v) is 21.8. The highest BCUT2D eigenvalue weighted by atomic mass is 32.2. The van der Waals surface area contributed by atoms with Crippen LogP contribution in [0, 0.1) is 27.7 Å². The van der Waals surface area contributed by atoms with E-state index in [2.05, 4.69) is 83.0 Å². The molecule has 2 aliphatic heterocycles. The van der Waals surface area contributed by atoms with Gasteiger partial charge >= 0.3 is 11.9 Å². The van der Waals surface area contributed by atoms with Crippen LogP contribution in [0.2, 0.25) is 0 Å². The molecule has 2 amide bonds. The molecule has 2 aromatic heterocycles. The Kier molecular flexibility index (Phi) is 13.9. The summed E-state index contributed by atoms with van der Waals surface area (Å²) in [5, 5.41) is 25.4. The van der Waals surface area contributed by atoms with Gasteiger partial charge in [0.2, 0.25) is 0 Å². The molecule has 0 atom stereocenters. The van der Waals surface area contributed by atoms with E-state index in [0.29, 0.717) is 43.5 Å². The number of carboxylic acids is 2. The SMILES string of the molecule is CC1=C(CCSc2ccc(C)cc2)C(=O)N/C1=C\c1[nH]c(Cc2[nH]c(/C=C3\NC(=O)C(CCSc4ccc(C)cc4)=C3C)c(C)c2CCC(=O)O)c(CCC(=O)O)c1C. The fraction of sp³-hybridized carbons (Fsp3) is 0.319. The number of benzene rings is 2. The summed E-state index contributed by atoms with van der Waals surface area (Å²) in [5.41, 5.74) is 13.7. The fourth-order valence-corrected chi connectivity index (χ4v) is 9.33. The average molecular weight is 833 g/mol. The second kappa shape index (κ2) is 19.1. The lowest BCUT2D eigenvalue weighted by atomic mass is 9.98. The first kappa shape index (κ1) is 43.1. The summed E-state index contributed by atoms with van der Waals surface area (Å²) in [4.78, 5) is 59.3. The molecule has 6 rings (SSSR count). The third kappa shape index (κ3) is 10.6. The van der Waals surface area contributed by atoms with Crippen LogP contribution in [0.15, 0.2) is 92.0 Å². The fourth-order valence-electron chi connectivity index (χ4n) is 7.59. The Hall–Kier alpha value is -5.46. The molecular weight excluding hydrogens is 781 g/mol. The maximum Gasteiger partial charge on any atom is 0.303 e. The van der Waals surface area contributed by atoms with Crippen molar-refractivity contribution < 1.29 is 29.4 Å². The van der Waals surface area contributed by atoms with Crippen molar-refractivity contribution in [2.45, 2.75) is 96.3 Å². The molecule has 4 aromatic rings. The van der Waals surface area contributed by atoms with Gasteiger partial charge in [-0.3, -0.25) is 19.2 Å². The number of aryl methyl sites for hydroxylation is 2. The lowest BCUT2D eigenvalue weighted by Gasteiger charge is -2.07. The molecule has 0 bridgehead atoms. The molecular formula is C47H52N4O6S2. The molecule has 59 heavy (non-hydrogen) atoms. The van der Waals surface area contributed by atoms with Crippen molar-refractivity contribution in [3.63, 3.8) is 0 Å². The quantitative estimate of drug-likeness (QED) is 0.0541. The molecule has 0 aliphatic carbocycles. The van der Waals surface area contributed by atoms with Crippen LogP contribution < -0.4 is 10.6 Å². The average Bonchev–Trinajstić information content (AvgIpc) is 3.84. The van der Waals surface area contributed by atoms with Gasteiger partial charge in [-0.15, -0.1) is 23.5 Å². The van der Waals surface area contributed by atoms with Crippen LogP contribution in [0.4, 0.5) is 0 Å². The van der Waals surface area contributed by atoms with Gasteiger partial charge in [-0.1, -0.05) is 35.4 Å². The molecule has 10 nitrogen and oxygen atoms in total. The second-order valence-corrected chi connectivity index (χ2v) is 17.6. The summed E-state index contributed by atoms with van der Waals surface area (Å²) in [7, 11) is 0. The number of amides is 2. The van der Waals surface area contributed by atoms with Gasteiger partial charge in [0.25, 0.3) is 11.8 Å². The highest BCUT2D eigenvalue weighted by Gasteiger charge is 2.27. The Bertz CT molecular complexity index is 2240. The van der Waals surface area contributed by atoms with Gasteiger partial charge in [0, 0.05) is 85.9 Å². The van der Waals surface area contributed by atoms with Crippen LogP contribution in [0.5, 0.6) is 0 Å². The van der Waals surface area contributed by atoms with E-state index in [1.165, 1.54) is 11.1 Å². The third-order valence-corrected chi connectivity index (χ3v) is 13.2. The Morgan fingerprint density at radius 1 is 0.576 bits per heavy atom. The largest absolute Gasteiger partial charge is 0.481 e. The molecule has 0 radical (unpaired) electrons. The zero-order valence-corrected chi connectivity index (χ0v) is 36.1. The van der Waals surface area contributed by atoms with Crippen LogP contribution in [0.25, 0.3) is 12.2 Å². The molecule has 2 aromatic carbocycles. The topological polar surface area (TPSA) is 164 Å². The molecule has 12 heteroatoms. The Morgan fingerprint density at radius 3 is 1.31 bits per heavy atom. The van der Waals surface area contributed by atoms with Gasteiger partial charge in [-0.05, 0) is 137 Å². The number of H-pyrrole nitrogens is 2. The van der Waals surface area contributed by atoms with E-state index in [9.17, 15) is 29.4 Å². The molecule has 2 aliphatic rings. The minimum absolute atomic E-state index is 0.0652. The van der Waals surface area contributed by atoms with Crippen molar-refractivity contribution in [1.29, 1.82) is 0 Å². The maximum absolute atomic E-state index is 13.1. The summed E-state index contributed by atoms with van der Waals surface area (Å²) in [6.45, 7) is 11.9. The normalized spacial score (nSPS) is 15.6. The third-order valence-electron chi connectivity index (χ3n) is 11.2. The van der Waals surface area contributed by atoms with Gasteiger partial charge in [0.1, 0.15) is 0 Å². The van der Waals surface area contributed by atoms with E-state index >= 15 is 0 Å². The van der Waals surface area contributed by atoms with Crippen LogP contribution in [0.3, 0.4) is 0 Å². The Balaban J connectivity index is 1.27. The van der Waals surface area contributed by atoms with Crippen molar-refractivity contribution in [3.8, 4) is 0 Å². The zero-order chi connectivity index (χ0) is 42.4. The summed E-state index contributed by atoms with van der Waals surface area (Å²) in [6, 6.07) is 16.7. The number of thioether (sulfide) groups is 2. The van der Waals surface area contributed by atoms with E-state index in [0.717, 1.165) is 88.6 Å². The van der Waals surface area contributed by atoms with Gasteiger partial charge < -0.3 is 30.8 Å². The molecule has 0 spiro atoms. The van der Waals surface area contributed by atoms with Gasteiger partial charge in [-0.25, -0.2) is 0 Å². The monoisotopic (exact) mass is 832 g/mol. The molecule has 308 valence electrons. The predicted octanol–water partition coefficient (Wildman–Crippen LogP) is 9.14. The van der Waals surface area contributed by atoms with Crippen molar-refractivity contribution in [3.05, 3.63) is 138 Å². The van der Waals surface area contributed by atoms with Crippen molar-refractivity contribution in [1.82, 2.24) is 20.6 Å². The van der Waals surface area contributed by atoms with E-state index in [1.807, 2.05) is 39.8 Å². The van der Waals surface area contributed by atoms with E-state index in [4.69, 9.17) is 0 Å². The van der Waals surface area contributed by atoms with E-state index in [-0.39, 0.29) is 24.7 Å². The number of hydrogen-bond acceptors (Lipinski definition) is 6. The summed E-state index contributed by atoms with van der Waals surface area (Å²) < 4.78 is 0. The van der Waals surface area contributed by atoms with E-state index < -0.39 is 11.9 Å². The highest BCUT2D eigenvalue weighted by Crippen LogP contribution is 2.33. The molecule has 0 fully saturated rings. The minimum Gasteiger partial charge on any atom is -0.481 e. The first-order chi connectivity index (χ1) is 28.2. The molecule has 6 N–H and O–H groups in total. The smallest absolute Gasteiger partial charge is 0.303 e. The van der Waals surface area contributed by atoms with Crippen molar-refractivity contribution >= 4 is 59.4 Å². The van der Waals surface area contributed by atoms with Crippen LogP contribution in [-0.2, 0) is 38.4 Å². The molecule has 0 saturated carbocycles. The Labute approximate surface area is 354 Å². The lowest BCUT2D eigenvalue weighted by Crippen LogP contribution is -2.16. The molecule has 4 heterocycles. The van der Waals surface area contributed by atoms with Crippen molar-refractivity contribution in [2.24, 2.45) is 0 Å². The number of aromatic amines is 2. The number of aromatic nitrogens is 2. The minimum atomic E-state index is -0.909. The molecule has 0 saturated heterocycles. The van der Waals surface area contributed by atoms with Crippen LogP contribution in [-0.4, -0.2) is 55.4 Å². The Morgan fingerprint density at radius 2 is 0.949 bits per heavy atom. The number of carbonyl (C=O) groups is 4. The number of aliphatic carboxylic acids is 2. The lowest BCUT2D eigenvalue weighted by molar-refractivity contribution is -0.138. The number of carbonyl (C=O) groups excluding carboxylic acids is 2. The second-order valence-electron chi connectivity index (χ2n) is 15.3. The van der Waals surface area contributed by atoms with Crippen LogP contribution in [0.1, 0.15) is 95.7 Å². The summed E-state index contributed by atoms with van der Waals surface area (Å²) >= 11 is 3.43. The predicted molar refractivity (Wildman–Crippen MR) is 236 cm³/mol. The first-order valence-electron chi connectivity index (χ1n) is 19.9. The van der Waals surface area contributed by atoms with Gasteiger partial charge in [0.05, 0.1) is 0 Å². The summed E-state index contributed by atoms with van der Waals surface area (Å²) in [6.07, 6.45) is 5.89. The highest BCUT2D eigenvalue weighted by molar-refractivity contribution is 7.99. The number of carboxylic acid groups (broad SMARTS) is 2. The van der Waals surface area contributed by atoms with Crippen LogP contribution >= 0.6 is 23.5 Å². The number of nitrogens with one attached hydrogen (secondary N) is 4. The zero-order valence-electron chi connectivity index (χ0n) is 34.5. The number of rotatable bonds is 18. The van der Waals surface area contributed by atoms with Gasteiger partial charge in [0.15, 0.2) is 0 Å². The number of hydrogen-bond donors (Lipinski definition) is 6. The van der Waals surface area contributed by atoms with Gasteiger partial charge in [-0.2, -0.15) is 0 Å². The maximum atomic E-state index is 13.1.